The first-order valence-electron chi connectivity index (χ1n) is 10.4. The number of carbonyl (C=O) groups is 1. The second-order valence-corrected chi connectivity index (χ2v) is 8.23. The summed E-state index contributed by atoms with van der Waals surface area (Å²) in [7, 11) is 1.68. The van der Waals surface area contributed by atoms with Crippen LogP contribution in [0, 0.1) is 6.92 Å². The van der Waals surface area contributed by atoms with Crippen molar-refractivity contribution < 1.29 is 9.53 Å². The summed E-state index contributed by atoms with van der Waals surface area (Å²) in [5.74, 6) is 1.17. The minimum atomic E-state index is -0.327. The van der Waals surface area contributed by atoms with Gasteiger partial charge in [0, 0.05) is 48.5 Å². The standard InChI is InChI=1S/C24H27N3O2/c1-17-22(20-5-3-4-6-21(20)25-17)24(11-12-24)23(28)27-15-13-26(14-16-27)18-7-9-19(29-2)10-8-18/h3-10,25H,11-16H2,1-2H3. The lowest BCUT2D eigenvalue weighted by molar-refractivity contribution is -0.134. The molecule has 1 aliphatic carbocycles. The highest BCUT2D eigenvalue weighted by Crippen LogP contribution is 2.53. The molecular formula is C24H27N3O2. The van der Waals surface area contributed by atoms with Gasteiger partial charge in [-0.1, -0.05) is 18.2 Å². The van der Waals surface area contributed by atoms with Crippen LogP contribution in [0.4, 0.5) is 5.69 Å². The number of benzene rings is 2. The van der Waals surface area contributed by atoms with Gasteiger partial charge in [0.1, 0.15) is 5.75 Å². The number of rotatable bonds is 4. The molecule has 2 aromatic carbocycles. The Bertz CT molecular complexity index is 1040. The minimum Gasteiger partial charge on any atom is -0.497 e. The van der Waals surface area contributed by atoms with Crippen molar-refractivity contribution in [3.05, 3.63) is 59.8 Å². The van der Waals surface area contributed by atoms with E-state index in [1.165, 1.54) is 16.6 Å². The fourth-order valence-corrected chi connectivity index (χ4v) is 4.85. The Hall–Kier alpha value is -2.95. The van der Waals surface area contributed by atoms with Crippen LogP contribution < -0.4 is 9.64 Å². The minimum absolute atomic E-state index is 0.305. The van der Waals surface area contributed by atoms with Gasteiger partial charge in [-0.05, 0) is 55.7 Å². The molecule has 1 amide bonds. The van der Waals surface area contributed by atoms with E-state index in [4.69, 9.17) is 4.74 Å². The predicted octanol–water partition coefficient (Wildman–Crippen LogP) is 3.87. The number of para-hydroxylation sites is 1. The zero-order valence-corrected chi connectivity index (χ0v) is 17.1. The van der Waals surface area contributed by atoms with E-state index in [1.54, 1.807) is 7.11 Å². The van der Waals surface area contributed by atoms with Crippen LogP contribution in [0.25, 0.3) is 10.9 Å². The Balaban J connectivity index is 1.33. The molecule has 0 radical (unpaired) electrons. The number of fused-ring (bicyclic) bond motifs is 1. The summed E-state index contributed by atoms with van der Waals surface area (Å²) < 4.78 is 5.25. The summed E-state index contributed by atoms with van der Waals surface area (Å²) in [5.41, 5.74) is 4.34. The molecule has 2 fully saturated rings. The lowest BCUT2D eigenvalue weighted by atomic mass is 9.91. The van der Waals surface area contributed by atoms with Crippen LogP contribution in [-0.4, -0.2) is 49.1 Å². The molecule has 150 valence electrons. The second-order valence-electron chi connectivity index (χ2n) is 8.23. The number of ether oxygens (including phenoxy) is 1. The number of nitrogens with zero attached hydrogens (tertiary/aromatic N) is 2. The molecule has 1 aromatic heterocycles. The summed E-state index contributed by atoms with van der Waals surface area (Å²) >= 11 is 0. The Kier molecular flexibility index (Phi) is 4.26. The zero-order chi connectivity index (χ0) is 20.0. The summed E-state index contributed by atoms with van der Waals surface area (Å²) in [5, 5.41) is 1.20. The van der Waals surface area contributed by atoms with Gasteiger partial charge >= 0.3 is 0 Å². The first-order valence-corrected chi connectivity index (χ1v) is 10.4. The molecule has 2 aliphatic rings. The van der Waals surface area contributed by atoms with Crippen molar-refractivity contribution in [1.29, 1.82) is 0 Å². The van der Waals surface area contributed by atoms with E-state index in [2.05, 4.69) is 52.0 Å². The molecule has 0 spiro atoms. The van der Waals surface area contributed by atoms with Crippen molar-refractivity contribution >= 4 is 22.5 Å². The lowest BCUT2D eigenvalue weighted by Gasteiger charge is -2.38. The number of aryl methyl sites for hydroxylation is 1. The average Bonchev–Trinajstić information content (AvgIpc) is 3.49. The third-order valence-electron chi connectivity index (χ3n) is 6.54. The lowest BCUT2D eigenvalue weighted by Crippen LogP contribution is -2.51. The number of amides is 1. The maximum absolute atomic E-state index is 13.6. The topological polar surface area (TPSA) is 48.6 Å². The van der Waals surface area contributed by atoms with Crippen LogP contribution >= 0.6 is 0 Å². The molecule has 2 heterocycles. The number of aromatic nitrogens is 1. The van der Waals surface area contributed by atoms with Crippen molar-refractivity contribution in [2.45, 2.75) is 25.2 Å². The van der Waals surface area contributed by atoms with Gasteiger partial charge in [0.2, 0.25) is 5.91 Å². The highest BCUT2D eigenvalue weighted by Gasteiger charge is 2.55. The zero-order valence-electron chi connectivity index (χ0n) is 17.1. The smallest absolute Gasteiger partial charge is 0.233 e. The number of carbonyl (C=O) groups excluding carboxylic acids is 1. The Labute approximate surface area is 171 Å². The van der Waals surface area contributed by atoms with Gasteiger partial charge in [0.15, 0.2) is 0 Å². The monoisotopic (exact) mass is 389 g/mol. The third-order valence-corrected chi connectivity index (χ3v) is 6.54. The molecule has 5 nitrogen and oxygen atoms in total. The molecule has 5 rings (SSSR count). The SMILES string of the molecule is COc1ccc(N2CCN(C(=O)C3(c4c(C)[nH]c5ccccc45)CC3)CC2)cc1. The van der Waals surface area contributed by atoms with Gasteiger partial charge in [0.05, 0.1) is 12.5 Å². The molecule has 1 saturated carbocycles. The van der Waals surface area contributed by atoms with Crippen LogP contribution in [-0.2, 0) is 10.2 Å². The first-order chi connectivity index (χ1) is 14.1. The van der Waals surface area contributed by atoms with Gasteiger partial charge in [-0.3, -0.25) is 4.79 Å². The molecule has 0 atom stereocenters. The maximum Gasteiger partial charge on any atom is 0.233 e. The van der Waals surface area contributed by atoms with Crippen LogP contribution in [0.2, 0.25) is 0 Å². The van der Waals surface area contributed by atoms with Crippen molar-refractivity contribution in [3.8, 4) is 5.75 Å². The van der Waals surface area contributed by atoms with E-state index in [9.17, 15) is 4.79 Å². The number of methoxy groups -OCH3 is 1. The number of anilines is 1. The fourth-order valence-electron chi connectivity index (χ4n) is 4.85. The Morgan fingerprint density at radius 2 is 1.69 bits per heavy atom. The van der Waals surface area contributed by atoms with Crippen molar-refractivity contribution in [2.75, 3.05) is 38.2 Å². The molecular weight excluding hydrogens is 362 g/mol. The largest absolute Gasteiger partial charge is 0.497 e. The molecule has 0 bridgehead atoms. The second kappa shape index (κ2) is 6.83. The summed E-state index contributed by atoms with van der Waals surface area (Å²) in [6.45, 7) is 5.37. The van der Waals surface area contributed by atoms with Gasteiger partial charge in [0.25, 0.3) is 0 Å². The first kappa shape index (κ1) is 18.1. The Morgan fingerprint density at radius 3 is 2.34 bits per heavy atom. The van der Waals surface area contributed by atoms with Crippen molar-refractivity contribution in [3.63, 3.8) is 0 Å². The van der Waals surface area contributed by atoms with E-state index in [1.807, 2.05) is 18.2 Å². The van der Waals surface area contributed by atoms with Crippen molar-refractivity contribution in [1.82, 2.24) is 9.88 Å². The van der Waals surface area contributed by atoms with E-state index < -0.39 is 0 Å². The Morgan fingerprint density at radius 1 is 1.00 bits per heavy atom. The quantitative estimate of drug-likeness (QED) is 0.737. The molecule has 1 aliphatic heterocycles. The number of piperazine rings is 1. The summed E-state index contributed by atoms with van der Waals surface area (Å²) in [4.78, 5) is 21.5. The van der Waals surface area contributed by atoms with Crippen LogP contribution in [0.1, 0.15) is 24.1 Å². The van der Waals surface area contributed by atoms with Gasteiger partial charge in [-0.25, -0.2) is 0 Å². The number of hydrogen-bond acceptors (Lipinski definition) is 3. The van der Waals surface area contributed by atoms with Gasteiger partial charge in [-0.15, -0.1) is 0 Å². The van der Waals surface area contributed by atoms with Gasteiger partial charge in [-0.2, -0.15) is 0 Å². The predicted molar refractivity (Wildman–Crippen MR) is 116 cm³/mol. The normalized spacial score (nSPS) is 18.1. The maximum atomic E-state index is 13.6. The highest BCUT2D eigenvalue weighted by atomic mass is 16.5. The van der Waals surface area contributed by atoms with Crippen molar-refractivity contribution in [2.24, 2.45) is 0 Å². The summed E-state index contributed by atoms with van der Waals surface area (Å²) in [6.07, 6.45) is 1.90. The summed E-state index contributed by atoms with van der Waals surface area (Å²) in [6, 6.07) is 16.5. The number of nitrogens with one attached hydrogen (secondary N) is 1. The van der Waals surface area contributed by atoms with Crippen LogP contribution in [0.5, 0.6) is 5.75 Å². The van der Waals surface area contributed by atoms with E-state index in [0.717, 1.165) is 56.0 Å². The molecule has 0 unspecified atom stereocenters. The van der Waals surface area contributed by atoms with Crippen LogP contribution in [0.15, 0.2) is 48.5 Å². The molecule has 3 aromatic rings. The highest BCUT2D eigenvalue weighted by molar-refractivity contribution is 5.98. The van der Waals surface area contributed by atoms with Crippen LogP contribution in [0.3, 0.4) is 0 Å². The fraction of sp³-hybridized carbons (Fsp3) is 0.375. The number of H-pyrrole nitrogens is 1. The van der Waals surface area contributed by atoms with E-state index in [0.29, 0.717) is 5.91 Å². The third kappa shape index (κ3) is 2.96. The average molecular weight is 389 g/mol. The molecule has 1 N–H and O–H groups in total. The molecule has 1 saturated heterocycles. The van der Waals surface area contributed by atoms with Gasteiger partial charge < -0.3 is 19.5 Å². The molecule has 5 heteroatoms. The molecule has 29 heavy (non-hydrogen) atoms. The van der Waals surface area contributed by atoms with E-state index >= 15 is 0 Å². The number of aromatic amines is 1. The van der Waals surface area contributed by atoms with E-state index in [-0.39, 0.29) is 5.41 Å². The number of hydrogen-bond donors (Lipinski definition) is 1.